The molecule has 108 valence electrons. The van der Waals surface area contributed by atoms with E-state index in [-0.39, 0.29) is 5.54 Å². The summed E-state index contributed by atoms with van der Waals surface area (Å²) >= 11 is 5.30. The molecule has 0 aliphatic heterocycles. The maximum atomic E-state index is 6.19. The molecule has 19 heavy (non-hydrogen) atoms. The molecule has 2 N–H and O–H groups in total. The Bertz CT molecular complexity index is 420. The number of thiophene rings is 1. The molecule has 1 heterocycles. The van der Waals surface area contributed by atoms with E-state index in [1.54, 1.807) is 11.3 Å². The predicted molar refractivity (Wildman–Crippen MR) is 87.5 cm³/mol. The zero-order chi connectivity index (χ0) is 14.0. The van der Waals surface area contributed by atoms with E-state index in [0.29, 0.717) is 5.92 Å². The lowest BCUT2D eigenvalue weighted by atomic mass is 9.69. The molecule has 0 spiro atoms. The Hall–Kier alpha value is 0.100. The SMILES string of the molecule is CC1CCC(CN)(N(C)Cc2csc(Br)c2)C(C)C1. The molecule has 1 saturated carbocycles. The molecule has 1 fully saturated rings. The number of nitrogens with two attached hydrogens (primary N) is 1. The molecule has 1 aliphatic carbocycles. The highest BCUT2D eigenvalue weighted by Crippen LogP contribution is 2.40. The summed E-state index contributed by atoms with van der Waals surface area (Å²) in [5.74, 6) is 1.52. The van der Waals surface area contributed by atoms with Crippen molar-refractivity contribution in [2.75, 3.05) is 13.6 Å². The molecule has 2 nitrogen and oxygen atoms in total. The molecule has 4 heteroatoms. The van der Waals surface area contributed by atoms with Gasteiger partial charge in [-0.25, -0.2) is 0 Å². The minimum atomic E-state index is 0.181. The molecule has 0 aromatic carbocycles. The van der Waals surface area contributed by atoms with Crippen LogP contribution in [0.4, 0.5) is 0 Å². The van der Waals surface area contributed by atoms with E-state index in [9.17, 15) is 0 Å². The number of rotatable bonds is 4. The highest BCUT2D eigenvalue weighted by Gasteiger charge is 2.42. The van der Waals surface area contributed by atoms with Crippen LogP contribution in [-0.2, 0) is 6.54 Å². The Morgan fingerprint density at radius 1 is 1.53 bits per heavy atom. The first-order valence-corrected chi connectivity index (χ1v) is 8.79. The van der Waals surface area contributed by atoms with E-state index in [4.69, 9.17) is 5.73 Å². The van der Waals surface area contributed by atoms with E-state index >= 15 is 0 Å². The fraction of sp³-hybridized carbons (Fsp3) is 0.733. The number of hydrogen-bond acceptors (Lipinski definition) is 3. The summed E-state index contributed by atoms with van der Waals surface area (Å²) in [6.07, 6.45) is 3.84. The average Bonchev–Trinajstić information content (AvgIpc) is 2.75. The standard InChI is InChI=1S/C15H25BrN2S/c1-11-4-5-15(10-17,12(2)6-11)18(3)8-13-7-14(16)19-9-13/h7,9,11-12H,4-6,8,10,17H2,1-3H3. The van der Waals surface area contributed by atoms with Crippen LogP contribution in [0.15, 0.2) is 15.2 Å². The second kappa shape index (κ2) is 6.25. The minimum absolute atomic E-state index is 0.181. The van der Waals surface area contributed by atoms with E-state index in [1.165, 1.54) is 28.6 Å². The molecule has 0 bridgehead atoms. The number of hydrogen-bond donors (Lipinski definition) is 1. The second-order valence-corrected chi connectivity index (χ2v) is 8.49. The fourth-order valence-electron chi connectivity index (χ4n) is 3.57. The lowest BCUT2D eigenvalue weighted by molar-refractivity contribution is 0.0129. The Kier molecular flexibility index (Phi) is 5.09. The first-order valence-electron chi connectivity index (χ1n) is 7.12. The van der Waals surface area contributed by atoms with E-state index in [0.717, 1.165) is 19.0 Å². The Balaban J connectivity index is 2.11. The van der Waals surface area contributed by atoms with Gasteiger partial charge in [0.1, 0.15) is 0 Å². The number of likely N-dealkylation sites (N-methyl/N-ethyl adjacent to an activating group) is 1. The second-order valence-electron chi connectivity index (χ2n) is 6.20. The highest BCUT2D eigenvalue weighted by molar-refractivity contribution is 9.11. The van der Waals surface area contributed by atoms with Gasteiger partial charge in [-0.15, -0.1) is 11.3 Å². The van der Waals surface area contributed by atoms with Crippen molar-refractivity contribution in [2.45, 2.75) is 45.2 Å². The molecule has 3 atom stereocenters. The first-order chi connectivity index (χ1) is 8.98. The largest absolute Gasteiger partial charge is 0.329 e. The molecule has 0 amide bonds. The van der Waals surface area contributed by atoms with Gasteiger partial charge in [-0.1, -0.05) is 13.8 Å². The molecule has 1 aromatic heterocycles. The van der Waals surface area contributed by atoms with Crippen molar-refractivity contribution in [2.24, 2.45) is 17.6 Å². The third kappa shape index (κ3) is 3.23. The van der Waals surface area contributed by atoms with Crippen molar-refractivity contribution < 1.29 is 0 Å². The minimum Gasteiger partial charge on any atom is -0.329 e. The van der Waals surface area contributed by atoms with Gasteiger partial charge >= 0.3 is 0 Å². The van der Waals surface area contributed by atoms with E-state index in [2.05, 4.69) is 53.2 Å². The maximum absolute atomic E-state index is 6.19. The maximum Gasteiger partial charge on any atom is 0.0701 e. The summed E-state index contributed by atoms with van der Waals surface area (Å²) in [6, 6.07) is 2.22. The van der Waals surface area contributed by atoms with Crippen LogP contribution in [0.1, 0.15) is 38.7 Å². The molecule has 0 saturated heterocycles. The average molecular weight is 345 g/mol. The van der Waals surface area contributed by atoms with E-state index in [1.807, 2.05) is 0 Å². The van der Waals surface area contributed by atoms with Gasteiger partial charge in [-0.05, 0) is 71.1 Å². The molecule has 0 radical (unpaired) electrons. The third-order valence-electron chi connectivity index (χ3n) is 4.90. The van der Waals surface area contributed by atoms with Gasteiger partial charge in [0.05, 0.1) is 3.79 Å². The van der Waals surface area contributed by atoms with Gasteiger partial charge in [0.2, 0.25) is 0 Å². The lowest BCUT2D eigenvalue weighted by Crippen LogP contribution is -2.58. The predicted octanol–water partition coefficient (Wildman–Crippen LogP) is 4.10. The smallest absolute Gasteiger partial charge is 0.0701 e. The van der Waals surface area contributed by atoms with Crippen LogP contribution in [0.5, 0.6) is 0 Å². The van der Waals surface area contributed by atoms with Crippen LogP contribution in [0, 0.1) is 11.8 Å². The summed E-state index contributed by atoms with van der Waals surface area (Å²) in [7, 11) is 2.24. The zero-order valence-corrected chi connectivity index (χ0v) is 14.6. The molecular formula is C15H25BrN2S. The summed E-state index contributed by atoms with van der Waals surface area (Å²) in [5.41, 5.74) is 7.75. The normalized spacial score (nSPS) is 31.9. The van der Waals surface area contributed by atoms with Crippen molar-refractivity contribution in [3.05, 3.63) is 20.8 Å². The summed E-state index contributed by atoms with van der Waals surface area (Å²) in [5, 5.41) is 2.24. The first kappa shape index (κ1) is 15.5. The van der Waals surface area contributed by atoms with Crippen LogP contribution < -0.4 is 5.73 Å². The van der Waals surface area contributed by atoms with Crippen molar-refractivity contribution >= 4 is 27.3 Å². The van der Waals surface area contributed by atoms with Crippen molar-refractivity contribution in [1.82, 2.24) is 4.90 Å². The van der Waals surface area contributed by atoms with Crippen LogP contribution in [0.2, 0.25) is 0 Å². The van der Waals surface area contributed by atoms with Crippen LogP contribution in [-0.4, -0.2) is 24.0 Å². The Morgan fingerprint density at radius 2 is 2.26 bits per heavy atom. The Morgan fingerprint density at radius 3 is 2.79 bits per heavy atom. The van der Waals surface area contributed by atoms with Crippen molar-refractivity contribution in [3.8, 4) is 0 Å². The molecule has 3 unspecified atom stereocenters. The van der Waals surface area contributed by atoms with Crippen molar-refractivity contribution in [3.63, 3.8) is 0 Å². The fourth-order valence-corrected chi connectivity index (χ4v) is 4.77. The number of halogens is 1. The molecule has 2 rings (SSSR count). The van der Waals surface area contributed by atoms with Gasteiger partial charge in [0.25, 0.3) is 0 Å². The summed E-state index contributed by atoms with van der Waals surface area (Å²) in [4.78, 5) is 2.50. The number of nitrogens with zero attached hydrogens (tertiary/aromatic N) is 1. The van der Waals surface area contributed by atoms with Crippen molar-refractivity contribution in [1.29, 1.82) is 0 Å². The Labute approximate surface area is 129 Å². The topological polar surface area (TPSA) is 29.3 Å². The lowest BCUT2D eigenvalue weighted by Gasteiger charge is -2.50. The van der Waals surface area contributed by atoms with Gasteiger partial charge in [-0.2, -0.15) is 0 Å². The van der Waals surface area contributed by atoms with E-state index < -0.39 is 0 Å². The molecule has 1 aliphatic rings. The quantitative estimate of drug-likeness (QED) is 0.890. The van der Waals surface area contributed by atoms with Gasteiger partial charge in [-0.3, -0.25) is 4.90 Å². The van der Waals surface area contributed by atoms with Crippen LogP contribution in [0.3, 0.4) is 0 Å². The highest BCUT2D eigenvalue weighted by atomic mass is 79.9. The van der Waals surface area contributed by atoms with Crippen LogP contribution in [0.25, 0.3) is 0 Å². The van der Waals surface area contributed by atoms with Gasteiger partial charge in [0, 0.05) is 18.6 Å². The summed E-state index contributed by atoms with van der Waals surface area (Å²) < 4.78 is 1.21. The van der Waals surface area contributed by atoms with Crippen LogP contribution >= 0.6 is 27.3 Å². The summed E-state index contributed by atoms with van der Waals surface area (Å²) in [6.45, 7) is 6.51. The third-order valence-corrected chi connectivity index (χ3v) is 6.45. The molecule has 1 aromatic rings. The zero-order valence-electron chi connectivity index (χ0n) is 12.2. The van der Waals surface area contributed by atoms with Gasteiger partial charge < -0.3 is 5.73 Å². The monoisotopic (exact) mass is 344 g/mol. The molecular weight excluding hydrogens is 320 g/mol. The van der Waals surface area contributed by atoms with Gasteiger partial charge in [0.15, 0.2) is 0 Å².